The van der Waals surface area contributed by atoms with Crippen LogP contribution in [0.2, 0.25) is 0 Å². The van der Waals surface area contributed by atoms with Gasteiger partial charge >= 0.3 is 0 Å². The monoisotopic (exact) mass is 335 g/mol. The molecule has 0 bridgehead atoms. The number of nitrogens with one attached hydrogen (secondary N) is 2. The lowest BCUT2D eigenvalue weighted by Crippen LogP contribution is -2.67. The molecule has 0 aromatic carbocycles. The van der Waals surface area contributed by atoms with Crippen molar-refractivity contribution in [1.82, 2.24) is 10.6 Å². The van der Waals surface area contributed by atoms with E-state index in [0.717, 1.165) is 32.1 Å². The highest BCUT2D eigenvalue weighted by Crippen LogP contribution is 2.51. The predicted molar refractivity (Wildman–Crippen MR) is 89.9 cm³/mol. The van der Waals surface area contributed by atoms with Crippen molar-refractivity contribution in [3.05, 3.63) is 0 Å². The Hall–Kier alpha value is -1.43. The van der Waals surface area contributed by atoms with E-state index in [1.54, 1.807) is 0 Å². The Morgan fingerprint density at radius 1 is 1.17 bits per heavy atom. The maximum atomic E-state index is 13.1. The van der Waals surface area contributed by atoms with Crippen LogP contribution in [0.1, 0.15) is 52.9 Å². The number of hydrogen-bond acceptors (Lipinski definition) is 4. The van der Waals surface area contributed by atoms with E-state index >= 15 is 0 Å². The molecule has 3 fully saturated rings. The fourth-order valence-corrected chi connectivity index (χ4v) is 4.94. The van der Waals surface area contributed by atoms with E-state index in [-0.39, 0.29) is 12.0 Å². The highest BCUT2D eigenvalue weighted by Gasteiger charge is 2.63. The van der Waals surface area contributed by atoms with Crippen molar-refractivity contribution in [2.75, 3.05) is 6.54 Å². The summed E-state index contributed by atoms with van der Waals surface area (Å²) >= 11 is 0. The minimum Gasteiger partial charge on any atom is -0.368 e. The van der Waals surface area contributed by atoms with E-state index in [0.29, 0.717) is 12.5 Å². The van der Waals surface area contributed by atoms with E-state index in [1.807, 2.05) is 20.8 Å². The van der Waals surface area contributed by atoms with Crippen molar-refractivity contribution in [3.63, 3.8) is 0 Å². The number of carbonyl (C=O) groups excluding carboxylic acids is 3. The topological polar surface area (TPSA) is 101 Å². The van der Waals surface area contributed by atoms with Crippen LogP contribution in [0.15, 0.2) is 0 Å². The zero-order valence-electron chi connectivity index (χ0n) is 14.9. The average Bonchev–Trinajstić information content (AvgIpc) is 3.03. The summed E-state index contributed by atoms with van der Waals surface area (Å²) in [7, 11) is 0. The maximum absolute atomic E-state index is 13.1. The summed E-state index contributed by atoms with van der Waals surface area (Å²) < 4.78 is 0. The van der Waals surface area contributed by atoms with Crippen LogP contribution >= 0.6 is 0 Å². The molecule has 134 valence electrons. The third-order valence-electron chi connectivity index (χ3n) is 6.03. The molecule has 4 atom stereocenters. The average molecular weight is 335 g/mol. The minimum absolute atomic E-state index is 0.0388. The molecule has 2 amide bonds. The van der Waals surface area contributed by atoms with E-state index in [4.69, 9.17) is 5.73 Å². The number of Topliss-reactive ketones (excluding diaryl/α,β-unsaturated/α-hetero) is 1. The molecule has 2 aliphatic carbocycles. The van der Waals surface area contributed by atoms with Crippen LogP contribution in [-0.4, -0.2) is 35.7 Å². The quantitative estimate of drug-likeness (QED) is 0.645. The molecule has 1 heterocycles. The Balaban J connectivity index is 1.98. The summed E-state index contributed by atoms with van der Waals surface area (Å²) in [4.78, 5) is 38.1. The molecule has 3 unspecified atom stereocenters. The number of carbonyl (C=O) groups is 3. The molecule has 2 saturated carbocycles. The van der Waals surface area contributed by atoms with Crippen LogP contribution in [0.5, 0.6) is 0 Å². The van der Waals surface area contributed by atoms with Gasteiger partial charge in [-0.3, -0.25) is 14.4 Å². The fraction of sp³-hybridized carbons (Fsp3) is 0.833. The summed E-state index contributed by atoms with van der Waals surface area (Å²) in [5, 5.41) is 6.08. The Kier molecular flexibility index (Phi) is 4.22. The molecule has 3 aliphatic rings. The van der Waals surface area contributed by atoms with Crippen molar-refractivity contribution in [2.45, 2.75) is 64.5 Å². The second-order valence-corrected chi connectivity index (χ2v) is 8.82. The molecular formula is C18H29N3O3. The van der Waals surface area contributed by atoms with E-state index in [2.05, 4.69) is 10.6 Å². The summed E-state index contributed by atoms with van der Waals surface area (Å²) in [5.74, 6) is -1.92. The first-order valence-electron chi connectivity index (χ1n) is 9.07. The molecule has 1 aliphatic heterocycles. The number of fused-ring (bicyclic) bond motifs is 1. The smallest absolute Gasteiger partial charge is 0.287 e. The Morgan fingerprint density at radius 2 is 1.83 bits per heavy atom. The van der Waals surface area contributed by atoms with E-state index < -0.39 is 34.5 Å². The molecule has 0 radical (unpaired) electrons. The number of primary amides is 1. The number of nitrogens with two attached hydrogens (primary N) is 1. The standard InChI is InChI=1S/C18H29N3O3/c1-17(2,3)14(13(22)15(23)21-11-7-8-11)18(16(19)24)12-6-4-5-10(12)9-20-18/h10-12,14,20H,4-9H2,1-3H3,(H2,19,24)(H,21,23)/t10?,12?,14-,18?/m0/s1. The zero-order chi connectivity index (χ0) is 17.7. The van der Waals surface area contributed by atoms with Gasteiger partial charge in [-0.2, -0.15) is 0 Å². The predicted octanol–water partition coefficient (Wildman–Crippen LogP) is 0.740. The molecular weight excluding hydrogens is 306 g/mol. The molecule has 0 aromatic rings. The Bertz CT molecular complexity index is 564. The molecule has 1 saturated heterocycles. The molecule has 6 nitrogen and oxygen atoms in total. The van der Waals surface area contributed by atoms with E-state index in [1.165, 1.54) is 0 Å². The lowest BCUT2D eigenvalue weighted by molar-refractivity contribution is -0.149. The molecule has 6 heteroatoms. The van der Waals surface area contributed by atoms with Gasteiger partial charge in [0.25, 0.3) is 5.91 Å². The van der Waals surface area contributed by atoms with Gasteiger partial charge in [0.1, 0.15) is 5.54 Å². The minimum atomic E-state index is -1.11. The molecule has 3 rings (SSSR count). The molecule has 0 spiro atoms. The van der Waals surface area contributed by atoms with Crippen LogP contribution in [-0.2, 0) is 14.4 Å². The lowest BCUT2D eigenvalue weighted by atomic mass is 9.61. The lowest BCUT2D eigenvalue weighted by Gasteiger charge is -2.44. The largest absolute Gasteiger partial charge is 0.368 e. The number of amides is 2. The summed E-state index contributed by atoms with van der Waals surface area (Å²) in [6.07, 6.45) is 4.81. The van der Waals surface area contributed by atoms with Crippen LogP contribution in [0.4, 0.5) is 0 Å². The maximum Gasteiger partial charge on any atom is 0.287 e. The summed E-state index contributed by atoms with van der Waals surface area (Å²) in [5.41, 5.74) is 4.19. The van der Waals surface area contributed by atoms with Gasteiger partial charge < -0.3 is 16.4 Å². The van der Waals surface area contributed by atoms with Crippen molar-refractivity contribution in [3.8, 4) is 0 Å². The normalized spacial score (nSPS) is 33.8. The van der Waals surface area contributed by atoms with Gasteiger partial charge in [0.2, 0.25) is 11.7 Å². The second-order valence-electron chi connectivity index (χ2n) is 8.82. The van der Waals surface area contributed by atoms with Crippen molar-refractivity contribution < 1.29 is 14.4 Å². The first-order chi connectivity index (χ1) is 11.2. The van der Waals surface area contributed by atoms with Gasteiger partial charge in [-0.1, -0.05) is 27.2 Å². The van der Waals surface area contributed by atoms with Crippen molar-refractivity contribution in [1.29, 1.82) is 0 Å². The zero-order valence-corrected chi connectivity index (χ0v) is 14.9. The Morgan fingerprint density at radius 3 is 2.38 bits per heavy atom. The summed E-state index contributed by atoms with van der Waals surface area (Å²) in [6, 6.07) is 0.113. The highest BCUT2D eigenvalue weighted by atomic mass is 16.2. The second kappa shape index (κ2) is 5.83. The SMILES string of the molecule is CC(C)(C)[C@H](C(=O)C(=O)NC1CC1)C1(C(N)=O)NCC2CCCC21. The molecule has 0 aromatic heterocycles. The first-order valence-corrected chi connectivity index (χ1v) is 9.07. The van der Waals surface area contributed by atoms with E-state index in [9.17, 15) is 14.4 Å². The fourth-order valence-electron chi connectivity index (χ4n) is 4.94. The van der Waals surface area contributed by atoms with Crippen LogP contribution in [0.3, 0.4) is 0 Å². The third-order valence-corrected chi connectivity index (χ3v) is 6.03. The van der Waals surface area contributed by atoms with Gasteiger partial charge in [0.05, 0.1) is 5.92 Å². The van der Waals surface area contributed by atoms with Crippen molar-refractivity contribution in [2.24, 2.45) is 28.9 Å². The van der Waals surface area contributed by atoms with Crippen LogP contribution < -0.4 is 16.4 Å². The molecule has 24 heavy (non-hydrogen) atoms. The Labute approximate surface area is 143 Å². The summed E-state index contributed by atoms with van der Waals surface area (Å²) in [6.45, 7) is 6.43. The van der Waals surface area contributed by atoms with Gasteiger partial charge in [-0.05, 0) is 49.5 Å². The van der Waals surface area contributed by atoms with Gasteiger partial charge in [0, 0.05) is 6.04 Å². The number of ketones is 1. The highest BCUT2D eigenvalue weighted by molar-refractivity contribution is 6.38. The van der Waals surface area contributed by atoms with Crippen molar-refractivity contribution >= 4 is 17.6 Å². The van der Waals surface area contributed by atoms with Gasteiger partial charge in [-0.15, -0.1) is 0 Å². The molecule has 4 N–H and O–H groups in total. The van der Waals surface area contributed by atoms with Gasteiger partial charge in [-0.25, -0.2) is 0 Å². The third kappa shape index (κ3) is 2.75. The number of rotatable bonds is 5. The van der Waals surface area contributed by atoms with Crippen LogP contribution in [0.25, 0.3) is 0 Å². The van der Waals surface area contributed by atoms with Gasteiger partial charge in [0.15, 0.2) is 0 Å². The van der Waals surface area contributed by atoms with Crippen LogP contribution in [0, 0.1) is 23.2 Å². The number of hydrogen-bond donors (Lipinski definition) is 3. The first kappa shape index (κ1) is 17.4.